The SMILES string of the molecule is COc1cc(-c2c(C)c3c(=O)n(-c4ccc(F)cc4)c(=O)[nH]c3n2C)ccc1-n1cnc(C)c1. The Morgan fingerprint density at radius 1 is 1.06 bits per heavy atom. The minimum Gasteiger partial charge on any atom is -0.495 e. The smallest absolute Gasteiger partial charge is 0.334 e. The summed E-state index contributed by atoms with van der Waals surface area (Å²) in [6.07, 6.45) is 3.62. The lowest BCUT2D eigenvalue weighted by Gasteiger charge is -2.12. The zero-order chi connectivity index (χ0) is 24.1. The van der Waals surface area contributed by atoms with Gasteiger partial charge in [0.25, 0.3) is 5.56 Å². The molecular formula is C25H22FN5O3. The van der Waals surface area contributed by atoms with Crippen LogP contribution in [-0.4, -0.2) is 30.8 Å². The van der Waals surface area contributed by atoms with E-state index < -0.39 is 17.1 Å². The second-order valence-electron chi connectivity index (χ2n) is 8.11. The number of H-pyrrole nitrogens is 1. The molecule has 0 amide bonds. The molecule has 0 radical (unpaired) electrons. The zero-order valence-electron chi connectivity index (χ0n) is 19.1. The molecule has 5 aromatic rings. The molecule has 1 N–H and O–H groups in total. The van der Waals surface area contributed by atoms with E-state index in [4.69, 9.17) is 4.74 Å². The van der Waals surface area contributed by atoms with Crippen molar-refractivity contribution in [3.05, 3.63) is 92.9 Å². The second kappa shape index (κ2) is 7.87. The lowest BCUT2D eigenvalue weighted by molar-refractivity contribution is 0.413. The van der Waals surface area contributed by atoms with Crippen molar-refractivity contribution < 1.29 is 9.13 Å². The molecule has 8 nitrogen and oxygen atoms in total. The van der Waals surface area contributed by atoms with Crippen molar-refractivity contribution in [2.45, 2.75) is 13.8 Å². The largest absolute Gasteiger partial charge is 0.495 e. The van der Waals surface area contributed by atoms with E-state index in [0.29, 0.717) is 28.0 Å². The highest BCUT2D eigenvalue weighted by Gasteiger charge is 2.21. The first-order valence-corrected chi connectivity index (χ1v) is 10.6. The van der Waals surface area contributed by atoms with Crippen LogP contribution in [0.5, 0.6) is 5.75 Å². The van der Waals surface area contributed by atoms with E-state index in [1.807, 2.05) is 42.8 Å². The number of aryl methyl sites for hydroxylation is 3. The number of hydrogen-bond acceptors (Lipinski definition) is 4. The minimum absolute atomic E-state index is 0.293. The molecule has 9 heteroatoms. The molecule has 0 fully saturated rings. The highest BCUT2D eigenvalue weighted by Crippen LogP contribution is 2.34. The van der Waals surface area contributed by atoms with Gasteiger partial charge in [0.15, 0.2) is 0 Å². The van der Waals surface area contributed by atoms with Crippen molar-refractivity contribution in [1.29, 1.82) is 0 Å². The van der Waals surface area contributed by atoms with Gasteiger partial charge in [-0.05, 0) is 55.8 Å². The Morgan fingerprint density at radius 3 is 2.44 bits per heavy atom. The Hall–Kier alpha value is -4.40. The fourth-order valence-corrected chi connectivity index (χ4v) is 4.42. The number of aromatic nitrogens is 5. The van der Waals surface area contributed by atoms with Crippen molar-refractivity contribution >= 4 is 11.0 Å². The maximum atomic E-state index is 13.4. The summed E-state index contributed by atoms with van der Waals surface area (Å²) < 4.78 is 23.7. The van der Waals surface area contributed by atoms with Gasteiger partial charge in [-0.1, -0.05) is 6.07 Å². The molecule has 2 aromatic carbocycles. The van der Waals surface area contributed by atoms with E-state index in [2.05, 4.69) is 9.97 Å². The molecule has 0 atom stereocenters. The first kappa shape index (κ1) is 21.4. The Bertz CT molecular complexity index is 1670. The number of imidazole rings is 1. The summed E-state index contributed by atoms with van der Waals surface area (Å²) in [4.78, 5) is 33.3. The van der Waals surface area contributed by atoms with E-state index in [0.717, 1.165) is 27.2 Å². The number of methoxy groups -OCH3 is 1. The lowest BCUT2D eigenvalue weighted by atomic mass is 10.1. The predicted molar refractivity (Wildman–Crippen MR) is 128 cm³/mol. The van der Waals surface area contributed by atoms with Crippen LogP contribution in [0.4, 0.5) is 4.39 Å². The summed E-state index contributed by atoms with van der Waals surface area (Å²) in [6, 6.07) is 11.0. The van der Waals surface area contributed by atoms with Gasteiger partial charge in [0.05, 0.1) is 41.6 Å². The van der Waals surface area contributed by atoms with E-state index in [1.165, 1.54) is 24.3 Å². The molecule has 0 aliphatic heterocycles. The number of fused-ring (bicyclic) bond motifs is 1. The topological polar surface area (TPSA) is 86.8 Å². The summed E-state index contributed by atoms with van der Waals surface area (Å²) in [6.45, 7) is 3.75. The third-order valence-corrected chi connectivity index (χ3v) is 6.01. The molecule has 5 rings (SSSR count). The number of nitrogens with one attached hydrogen (secondary N) is 1. The maximum Gasteiger partial charge on any atom is 0.334 e. The monoisotopic (exact) mass is 459 g/mol. The number of halogens is 1. The van der Waals surface area contributed by atoms with E-state index >= 15 is 0 Å². The summed E-state index contributed by atoms with van der Waals surface area (Å²) >= 11 is 0. The number of hydrogen-bond donors (Lipinski definition) is 1. The molecule has 0 saturated heterocycles. The van der Waals surface area contributed by atoms with Gasteiger partial charge in [-0.3, -0.25) is 9.78 Å². The third kappa shape index (κ3) is 3.24. The van der Waals surface area contributed by atoms with Gasteiger partial charge in [0, 0.05) is 18.8 Å². The van der Waals surface area contributed by atoms with Crippen molar-refractivity contribution in [2.24, 2.45) is 7.05 Å². The van der Waals surface area contributed by atoms with Gasteiger partial charge >= 0.3 is 5.69 Å². The Labute approximate surface area is 193 Å². The van der Waals surface area contributed by atoms with Gasteiger partial charge in [-0.2, -0.15) is 0 Å². The van der Waals surface area contributed by atoms with Gasteiger partial charge in [-0.25, -0.2) is 18.7 Å². The molecule has 3 heterocycles. The molecular weight excluding hydrogens is 437 g/mol. The van der Waals surface area contributed by atoms with Crippen LogP contribution in [0.15, 0.2) is 64.6 Å². The number of ether oxygens (including phenoxy) is 1. The molecule has 34 heavy (non-hydrogen) atoms. The highest BCUT2D eigenvalue weighted by molar-refractivity contribution is 5.89. The fraction of sp³-hybridized carbons (Fsp3) is 0.160. The minimum atomic E-state index is -0.598. The number of benzene rings is 2. The van der Waals surface area contributed by atoms with Crippen LogP contribution in [0, 0.1) is 19.7 Å². The van der Waals surface area contributed by atoms with Crippen LogP contribution in [0.3, 0.4) is 0 Å². The van der Waals surface area contributed by atoms with E-state index in [1.54, 1.807) is 25.1 Å². The van der Waals surface area contributed by atoms with Gasteiger partial charge < -0.3 is 13.9 Å². The summed E-state index contributed by atoms with van der Waals surface area (Å²) in [5.74, 6) is 0.188. The molecule has 172 valence electrons. The molecule has 0 saturated carbocycles. The van der Waals surface area contributed by atoms with Crippen LogP contribution in [0.25, 0.3) is 33.7 Å². The van der Waals surface area contributed by atoms with Gasteiger partial charge in [0.1, 0.15) is 17.2 Å². The first-order chi connectivity index (χ1) is 16.3. The van der Waals surface area contributed by atoms with Crippen LogP contribution in [-0.2, 0) is 7.05 Å². The van der Waals surface area contributed by atoms with Crippen LogP contribution in [0.1, 0.15) is 11.3 Å². The van der Waals surface area contributed by atoms with Crippen LogP contribution < -0.4 is 16.0 Å². The predicted octanol–water partition coefficient (Wildman–Crippen LogP) is 3.63. The zero-order valence-corrected chi connectivity index (χ0v) is 19.1. The average molecular weight is 459 g/mol. The summed E-state index contributed by atoms with van der Waals surface area (Å²) in [5.41, 5.74) is 3.65. The quantitative estimate of drug-likeness (QED) is 0.445. The molecule has 0 unspecified atom stereocenters. The standard InChI is InChI=1S/C25H22FN5O3/c1-14-12-30(13-27-14)19-10-5-16(11-20(19)34-4)22-15(2)21-23(29(22)3)28-25(33)31(24(21)32)18-8-6-17(26)7-9-18/h5-13H,1-4H3,(H,28,33). The fourth-order valence-electron chi connectivity index (χ4n) is 4.42. The third-order valence-electron chi connectivity index (χ3n) is 6.01. The second-order valence-corrected chi connectivity index (χ2v) is 8.11. The molecule has 0 aliphatic carbocycles. The first-order valence-electron chi connectivity index (χ1n) is 10.6. The molecule has 0 bridgehead atoms. The Kier molecular flexibility index (Phi) is 4.97. The van der Waals surface area contributed by atoms with Crippen LogP contribution >= 0.6 is 0 Å². The number of rotatable bonds is 4. The van der Waals surface area contributed by atoms with Crippen molar-refractivity contribution in [3.63, 3.8) is 0 Å². The van der Waals surface area contributed by atoms with E-state index in [9.17, 15) is 14.0 Å². The van der Waals surface area contributed by atoms with Gasteiger partial charge in [0.2, 0.25) is 0 Å². The van der Waals surface area contributed by atoms with Crippen molar-refractivity contribution in [1.82, 2.24) is 23.7 Å². The van der Waals surface area contributed by atoms with Crippen molar-refractivity contribution in [3.8, 4) is 28.4 Å². The average Bonchev–Trinajstić information content (AvgIpc) is 3.35. The molecule has 0 aliphatic rings. The lowest BCUT2D eigenvalue weighted by Crippen LogP contribution is -2.33. The van der Waals surface area contributed by atoms with Gasteiger partial charge in [-0.15, -0.1) is 0 Å². The highest BCUT2D eigenvalue weighted by atomic mass is 19.1. The summed E-state index contributed by atoms with van der Waals surface area (Å²) in [5, 5.41) is 0.384. The summed E-state index contributed by atoms with van der Waals surface area (Å²) in [7, 11) is 3.39. The number of aromatic amines is 1. The normalized spacial score (nSPS) is 11.3. The molecule has 0 spiro atoms. The van der Waals surface area contributed by atoms with E-state index in [-0.39, 0.29) is 0 Å². The maximum absolute atomic E-state index is 13.4. The Balaban J connectivity index is 1.73. The van der Waals surface area contributed by atoms with Crippen LogP contribution in [0.2, 0.25) is 0 Å². The Morgan fingerprint density at radius 2 is 1.79 bits per heavy atom. The van der Waals surface area contributed by atoms with Crippen molar-refractivity contribution in [2.75, 3.05) is 7.11 Å². The number of nitrogens with zero attached hydrogens (tertiary/aromatic N) is 4. The molecule has 3 aromatic heterocycles.